The van der Waals surface area contributed by atoms with Crippen LogP contribution in [0, 0.1) is 0 Å². The van der Waals surface area contributed by atoms with Gasteiger partial charge in [-0.05, 0) is 37.1 Å². The van der Waals surface area contributed by atoms with Crippen LogP contribution in [-0.2, 0) is 11.2 Å². The lowest BCUT2D eigenvalue weighted by molar-refractivity contribution is -0.131. The van der Waals surface area contributed by atoms with Crippen LogP contribution in [0.3, 0.4) is 0 Å². The predicted octanol–water partition coefficient (Wildman–Crippen LogP) is 1.90. The lowest BCUT2D eigenvalue weighted by atomic mass is 9.97. The first-order valence-corrected chi connectivity index (χ1v) is 9.13. The summed E-state index contributed by atoms with van der Waals surface area (Å²) in [5.41, 5.74) is 1.24. The minimum absolute atomic E-state index is 0.0316. The number of rotatable bonds is 4. The highest BCUT2D eigenvalue weighted by atomic mass is 16.2. The van der Waals surface area contributed by atoms with Crippen LogP contribution in [0.5, 0.6) is 0 Å². The van der Waals surface area contributed by atoms with Crippen molar-refractivity contribution >= 4 is 5.91 Å². The number of aromatic amines is 1. The van der Waals surface area contributed by atoms with Crippen LogP contribution in [0.1, 0.15) is 30.3 Å². The molecule has 3 aromatic rings. The molecule has 0 saturated carbocycles. The molecule has 1 aromatic carbocycles. The molecule has 138 valence electrons. The second-order valence-corrected chi connectivity index (χ2v) is 6.74. The Kier molecular flexibility index (Phi) is 4.82. The highest BCUT2D eigenvalue weighted by molar-refractivity contribution is 5.78. The highest BCUT2D eigenvalue weighted by Crippen LogP contribution is 2.24. The summed E-state index contributed by atoms with van der Waals surface area (Å²) in [6.45, 7) is 1.29. The van der Waals surface area contributed by atoms with E-state index in [1.54, 1.807) is 6.20 Å². The number of pyridine rings is 1. The van der Waals surface area contributed by atoms with Crippen molar-refractivity contribution in [3.8, 4) is 5.69 Å². The third-order valence-corrected chi connectivity index (χ3v) is 4.86. The summed E-state index contributed by atoms with van der Waals surface area (Å²) in [5, 5.41) is 4.48. The van der Waals surface area contributed by atoms with Gasteiger partial charge in [-0.3, -0.25) is 14.8 Å². The van der Waals surface area contributed by atoms with Crippen LogP contribution >= 0.6 is 0 Å². The second-order valence-electron chi connectivity index (χ2n) is 6.74. The lowest BCUT2D eigenvalue weighted by Crippen LogP contribution is -2.40. The van der Waals surface area contributed by atoms with Crippen molar-refractivity contribution in [1.29, 1.82) is 0 Å². The molecule has 0 aliphatic carbocycles. The molecule has 0 spiro atoms. The quantitative estimate of drug-likeness (QED) is 0.767. The summed E-state index contributed by atoms with van der Waals surface area (Å²) < 4.78 is 1.38. The molecule has 1 aliphatic heterocycles. The van der Waals surface area contributed by atoms with E-state index < -0.39 is 0 Å². The lowest BCUT2D eigenvalue weighted by Gasteiger charge is -2.31. The number of aromatic nitrogens is 4. The van der Waals surface area contributed by atoms with Gasteiger partial charge in [0.05, 0.1) is 12.1 Å². The predicted molar refractivity (Wildman–Crippen MR) is 101 cm³/mol. The largest absolute Gasteiger partial charge is 0.348 e. The SMILES string of the molecule is O=C(Cc1ccccn1)N1CCCC(c2nn(-c3ccccc3)c(=O)[nH]2)C1. The molecule has 7 nitrogen and oxygen atoms in total. The topological polar surface area (TPSA) is 83.9 Å². The highest BCUT2D eigenvalue weighted by Gasteiger charge is 2.27. The van der Waals surface area contributed by atoms with Crippen molar-refractivity contribution in [1.82, 2.24) is 24.6 Å². The molecule has 4 rings (SSSR count). The standard InChI is InChI=1S/C20H21N5O2/c26-18(13-16-8-4-5-11-21-16)24-12-6-7-15(14-24)19-22-20(27)25(23-19)17-9-2-1-3-10-17/h1-5,8-11,15H,6-7,12-14H2,(H,22,23,27). The first kappa shape index (κ1) is 17.2. The van der Waals surface area contributed by atoms with Gasteiger partial charge in [0.1, 0.15) is 5.82 Å². The third-order valence-electron chi connectivity index (χ3n) is 4.86. The summed E-state index contributed by atoms with van der Waals surface area (Å²) in [6.07, 6.45) is 3.78. The van der Waals surface area contributed by atoms with Crippen molar-refractivity contribution in [2.24, 2.45) is 0 Å². The molecule has 1 unspecified atom stereocenters. The summed E-state index contributed by atoms with van der Waals surface area (Å²) in [4.78, 5) is 33.9. The van der Waals surface area contributed by atoms with E-state index in [-0.39, 0.29) is 17.5 Å². The van der Waals surface area contributed by atoms with Gasteiger partial charge in [-0.2, -0.15) is 4.68 Å². The molecule has 1 N–H and O–H groups in total. The minimum Gasteiger partial charge on any atom is -0.342 e. The van der Waals surface area contributed by atoms with Crippen molar-refractivity contribution in [3.05, 3.63) is 76.7 Å². The molecule has 0 bridgehead atoms. The Morgan fingerprint density at radius 3 is 2.74 bits per heavy atom. The molecular weight excluding hydrogens is 342 g/mol. The number of H-pyrrole nitrogens is 1. The number of carbonyl (C=O) groups is 1. The fourth-order valence-corrected chi connectivity index (χ4v) is 3.46. The Morgan fingerprint density at radius 2 is 1.96 bits per heavy atom. The molecule has 2 aromatic heterocycles. The van der Waals surface area contributed by atoms with Gasteiger partial charge in [0.25, 0.3) is 0 Å². The molecular formula is C20H21N5O2. The number of likely N-dealkylation sites (tertiary alicyclic amines) is 1. The van der Waals surface area contributed by atoms with E-state index in [4.69, 9.17) is 0 Å². The van der Waals surface area contributed by atoms with Crippen LogP contribution in [0.25, 0.3) is 5.69 Å². The third kappa shape index (κ3) is 3.81. The molecule has 1 atom stereocenters. The van der Waals surface area contributed by atoms with Crippen LogP contribution < -0.4 is 5.69 Å². The van der Waals surface area contributed by atoms with Crippen molar-refractivity contribution in [3.63, 3.8) is 0 Å². The Bertz CT molecular complexity index is 965. The van der Waals surface area contributed by atoms with Gasteiger partial charge in [0, 0.05) is 30.9 Å². The number of hydrogen-bond acceptors (Lipinski definition) is 4. The molecule has 0 radical (unpaired) electrons. The van der Waals surface area contributed by atoms with Gasteiger partial charge >= 0.3 is 5.69 Å². The molecule has 27 heavy (non-hydrogen) atoms. The number of piperidine rings is 1. The van der Waals surface area contributed by atoms with Gasteiger partial charge in [0.15, 0.2) is 0 Å². The molecule has 7 heteroatoms. The van der Waals surface area contributed by atoms with Crippen LogP contribution in [0.15, 0.2) is 59.5 Å². The monoisotopic (exact) mass is 363 g/mol. The van der Waals surface area contributed by atoms with Crippen LogP contribution in [0.2, 0.25) is 0 Å². The zero-order chi connectivity index (χ0) is 18.6. The maximum atomic E-state index is 12.6. The average Bonchev–Trinajstić information content (AvgIpc) is 3.11. The number of hydrogen-bond donors (Lipinski definition) is 1. The number of para-hydroxylation sites is 1. The average molecular weight is 363 g/mol. The number of nitrogens with zero attached hydrogens (tertiary/aromatic N) is 4. The van der Waals surface area contributed by atoms with Gasteiger partial charge in [0.2, 0.25) is 5.91 Å². The zero-order valence-electron chi connectivity index (χ0n) is 14.9. The Balaban J connectivity index is 1.49. The second kappa shape index (κ2) is 7.57. The fraction of sp³-hybridized carbons (Fsp3) is 0.300. The first-order valence-electron chi connectivity index (χ1n) is 9.13. The maximum Gasteiger partial charge on any atom is 0.348 e. The maximum absolute atomic E-state index is 12.6. The number of benzene rings is 1. The van der Waals surface area contributed by atoms with Crippen molar-refractivity contribution in [2.45, 2.75) is 25.2 Å². The normalized spacial score (nSPS) is 17.0. The van der Waals surface area contributed by atoms with E-state index in [1.165, 1.54) is 4.68 Å². The Morgan fingerprint density at radius 1 is 1.15 bits per heavy atom. The van der Waals surface area contributed by atoms with E-state index in [2.05, 4.69) is 15.1 Å². The number of amides is 1. The molecule has 1 saturated heterocycles. The summed E-state index contributed by atoms with van der Waals surface area (Å²) in [6, 6.07) is 14.9. The van der Waals surface area contributed by atoms with Crippen LogP contribution in [0.4, 0.5) is 0 Å². The van der Waals surface area contributed by atoms with E-state index in [0.29, 0.717) is 18.8 Å². The minimum atomic E-state index is -0.256. The van der Waals surface area contributed by atoms with Gasteiger partial charge in [-0.1, -0.05) is 24.3 Å². The number of nitrogens with one attached hydrogen (secondary N) is 1. The van der Waals surface area contributed by atoms with E-state index >= 15 is 0 Å². The number of carbonyl (C=O) groups excluding carboxylic acids is 1. The van der Waals surface area contributed by atoms with Crippen molar-refractivity contribution in [2.75, 3.05) is 13.1 Å². The first-order chi connectivity index (χ1) is 13.2. The fourth-order valence-electron chi connectivity index (χ4n) is 3.46. The molecule has 1 fully saturated rings. The molecule has 1 aliphatic rings. The van der Waals surface area contributed by atoms with Crippen LogP contribution in [-0.4, -0.2) is 43.6 Å². The summed E-state index contributed by atoms with van der Waals surface area (Å²) in [7, 11) is 0. The smallest absolute Gasteiger partial charge is 0.342 e. The summed E-state index contributed by atoms with van der Waals surface area (Å²) in [5.74, 6) is 0.728. The summed E-state index contributed by atoms with van der Waals surface area (Å²) >= 11 is 0. The van der Waals surface area contributed by atoms with Gasteiger partial charge in [-0.25, -0.2) is 4.79 Å². The molecule has 3 heterocycles. The molecule has 1 amide bonds. The van der Waals surface area contributed by atoms with Crippen molar-refractivity contribution < 1.29 is 4.79 Å². The zero-order valence-corrected chi connectivity index (χ0v) is 14.9. The van der Waals surface area contributed by atoms with Gasteiger partial charge in [-0.15, -0.1) is 5.10 Å². The van der Waals surface area contributed by atoms with Gasteiger partial charge < -0.3 is 4.90 Å². The Hall–Kier alpha value is -3.22. The Labute approximate surface area is 156 Å². The van der Waals surface area contributed by atoms with E-state index in [9.17, 15) is 9.59 Å². The van der Waals surface area contributed by atoms with E-state index in [1.807, 2.05) is 53.4 Å². The van der Waals surface area contributed by atoms with E-state index in [0.717, 1.165) is 30.8 Å².